The first-order valence-electron chi connectivity index (χ1n) is 7.11. The average Bonchev–Trinajstić information content (AvgIpc) is 3.04. The van der Waals surface area contributed by atoms with E-state index in [1.165, 1.54) is 0 Å². The van der Waals surface area contributed by atoms with E-state index in [4.69, 9.17) is 11.6 Å². The number of hydrogen-bond acceptors (Lipinski definition) is 3. The molecule has 1 aromatic carbocycles. The number of halogens is 1. The van der Waals surface area contributed by atoms with Crippen LogP contribution < -0.4 is 0 Å². The summed E-state index contributed by atoms with van der Waals surface area (Å²) in [6.07, 6.45) is 5.77. The maximum absolute atomic E-state index is 12.3. The molecule has 0 saturated carbocycles. The number of amides is 1. The number of piperidine rings is 1. The zero-order chi connectivity index (χ0) is 14.7. The van der Waals surface area contributed by atoms with Gasteiger partial charge in [-0.1, -0.05) is 35.0 Å². The fraction of sp³-hybridized carbons (Fsp3) is 0.400. The summed E-state index contributed by atoms with van der Waals surface area (Å²) < 4.78 is 1.88. The molecule has 5 nitrogen and oxygen atoms in total. The average molecular weight is 305 g/mol. The number of rotatable bonds is 3. The molecular weight excluding hydrogens is 288 g/mol. The van der Waals surface area contributed by atoms with Gasteiger partial charge < -0.3 is 4.90 Å². The van der Waals surface area contributed by atoms with Crippen LogP contribution in [-0.2, 0) is 11.2 Å². The topological polar surface area (TPSA) is 51.0 Å². The molecule has 0 radical (unpaired) electrons. The van der Waals surface area contributed by atoms with Gasteiger partial charge in [-0.3, -0.25) is 4.79 Å². The summed E-state index contributed by atoms with van der Waals surface area (Å²) in [5, 5.41) is 8.53. The number of benzene rings is 1. The minimum atomic E-state index is 0.139. The standard InChI is InChI=1S/C15H17ClN4O/c16-14-4-2-1-3-12(14)11-15(21)19-8-5-13(6-9-19)20-10-7-17-18-20/h1-4,7,10,13H,5-6,8-9,11H2. The predicted octanol–water partition coefficient (Wildman–Crippen LogP) is 2.34. The monoisotopic (exact) mass is 304 g/mol. The smallest absolute Gasteiger partial charge is 0.227 e. The quantitative estimate of drug-likeness (QED) is 0.874. The Labute approximate surface area is 128 Å². The second-order valence-electron chi connectivity index (χ2n) is 5.26. The molecule has 1 aliphatic rings. The minimum absolute atomic E-state index is 0.139. The van der Waals surface area contributed by atoms with E-state index in [1.54, 1.807) is 6.20 Å². The van der Waals surface area contributed by atoms with Crippen LogP contribution in [0.3, 0.4) is 0 Å². The van der Waals surface area contributed by atoms with Gasteiger partial charge in [-0.05, 0) is 24.5 Å². The highest BCUT2D eigenvalue weighted by Crippen LogP contribution is 2.22. The summed E-state index contributed by atoms with van der Waals surface area (Å²) in [5.41, 5.74) is 0.891. The lowest BCUT2D eigenvalue weighted by molar-refractivity contribution is -0.131. The lowest BCUT2D eigenvalue weighted by atomic mass is 10.0. The Morgan fingerprint density at radius 1 is 1.29 bits per heavy atom. The Kier molecular flexibility index (Phi) is 4.20. The van der Waals surface area contributed by atoms with Gasteiger partial charge in [0.25, 0.3) is 0 Å². The number of carbonyl (C=O) groups excluding carboxylic acids is 1. The second-order valence-corrected chi connectivity index (χ2v) is 5.67. The van der Waals surface area contributed by atoms with Crippen molar-refractivity contribution >= 4 is 17.5 Å². The van der Waals surface area contributed by atoms with E-state index in [2.05, 4.69) is 10.3 Å². The molecule has 110 valence electrons. The highest BCUT2D eigenvalue weighted by Gasteiger charge is 2.24. The Morgan fingerprint density at radius 2 is 2.05 bits per heavy atom. The molecule has 3 rings (SSSR count). The van der Waals surface area contributed by atoms with Gasteiger partial charge in [0.1, 0.15) is 0 Å². The van der Waals surface area contributed by atoms with E-state index in [9.17, 15) is 4.79 Å². The Bertz CT molecular complexity index is 606. The number of carbonyl (C=O) groups is 1. The van der Waals surface area contributed by atoms with Gasteiger partial charge >= 0.3 is 0 Å². The van der Waals surface area contributed by atoms with Gasteiger partial charge in [0.05, 0.1) is 18.7 Å². The van der Waals surface area contributed by atoms with Crippen LogP contribution in [0.15, 0.2) is 36.7 Å². The van der Waals surface area contributed by atoms with Crippen LogP contribution in [0.4, 0.5) is 0 Å². The fourth-order valence-electron chi connectivity index (χ4n) is 2.71. The fourth-order valence-corrected chi connectivity index (χ4v) is 2.91. The molecular formula is C15H17ClN4O. The summed E-state index contributed by atoms with van der Waals surface area (Å²) in [6.45, 7) is 1.52. The summed E-state index contributed by atoms with van der Waals surface area (Å²) in [4.78, 5) is 14.3. The molecule has 0 atom stereocenters. The van der Waals surface area contributed by atoms with Crippen molar-refractivity contribution in [3.05, 3.63) is 47.2 Å². The first kappa shape index (κ1) is 14.1. The van der Waals surface area contributed by atoms with E-state index in [-0.39, 0.29) is 5.91 Å². The third-order valence-corrected chi connectivity index (χ3v) is 4.30. The molecule has 6 heteroatoms. The lowest BCUT2D eigenvalue weighted by Gasteiger charge is -2.32. The van der Waals surface area contributed by atoms with Crippen molar-refractivity contribution in [1.29, 1.82) is 0 Å². The van der Waals surface area contributed by atoms with Gasteiger partial charge in [-0.2, -0.15) is 0 Å². The molecule has 1 aromatic heterocycles. The maximum Gasteiger partial charge on any atom is 0.227 e. The Balaban J connectivity index is 1.57. The van der Waals surface area contributed by atoms with Crippen LogP contribution in [0, 0.1) is 0 Å². The molecule has 1 amide bonds. The van der Waals surface area contributed by atoms with Crippen molar-refractivity contribution in [3.63, 3.8) is 0 Å². The highest BCUT2D eigenvalue weighted by atomic mass is 35.5. The molecule has 21 heavy (non-hydrogen) atoms. The van der Waals surface area contributed by atoms with Gasteiger partial charge in [0.15, 0.2) is 0 Å². The lowest BCUT2D eigenvalue weighted by Crippen LogP contribution is -2.40. The number of nitrogens with zero attached hydrogens (tertiary/aromatic N) is 4. The zero-order valence-electron chi connectivity index (χ0n) is 11.7. The van der Waals surface area contributed by atoms with Crippen LogP contribution >= 0.6 is 11.6 Å². The maximum atomic E-state index is 12.3. The van der Waals surface area contributed by atoms with E-state index < -0.39 is 0 Å². The largest absolute Gasteiger partial charge is 0.342 e. The van der Waals surface area contributed by atoms with Crippen LogP contribution in [0.25, 0.3) is 0 Å². The van der Waals surface area contributed by atoms with Crippen molar-refractivity contribution in [2.45, 2.75) is 25.3 Å². The summed E-state index contributed by atoms with van der Waals surface area (Å²) in [7, 11) is 0. The van der Waals surface area contributed by atoms with E-state index in [0.717, 1.165) is 31.5 Å². The molecule has 1 saturated heterocycles. The van der Waals surface area contributed by atoms with Gasteiger partial charge in [0, 0.05) is 24.3 Å². The number of hydrogen-bond donors (Lipinski definition) is 0. The summed E-state index contributed by atoms with van der Waals surface area (Å²) >= 11 is 6.11. The molecule has 0 unspecified atom stereocenters. The molecule has 2 heterocycles. The molecule has 2 aromatic rings. The van der Waals surface area contributed by atoms with Crippen LogP contribution in [-0.4, -0.2) is 38.9 Å². The Hall–Kier alpha value is -1.88. The van der Waals surface area contributed by atoms with Crippen molar-refractivity contribution in [3.8, 4) is 0 Å². The minimum Gasteiger partial charge on any atom is -0.342 e. The molecule has 0 N–H and O–H groups in total. The first-order chi connectivity index (χ1) is 10.2. The van der Waals surface area contributed by atoms with E-state index >= 15 is 0 Å². The Morgan fingerprint density at radius 3 is 2.71 bits per heavy atom. The van der Waals surface area contributed by atoms with Gasteiger partial charge in [0.2, 0.25) is 5.91 Å². The van der Waals surface area contributed by atoms with E-state index in [1.807, 2.05) is 40.0 Å². The second kappa shape index (κ2) is 6.26. The molecule has 0 aliphatic carbocycles. The summed E-state index contributed by atoms with van der Waals surface area (Å²) in [6, 6.07) is 7.85. The van der Waals surface area contributed by atoms with Crippen LogP contribution in [0.1, 0.15) is 24.4 Å². The normalized spacial score (nSPS) is 16.1. The van der Waals surface area contributed by atoms with Crippen molar-refractivity contribution in [2.75, 3.05) is 13.1 Å². The molecule has 0 spiro atoms. The SMILES string of the molecule is O=C(Cc1ccccc1Cl)N1CCC(n2ccnn2)CC1. The first-order valence-corrected chi connectivity index (χ1v) is 7.49. The van der Waals surface area contributed by atoms with Gasteiger partial charge in [-0.25, -0.2) is 4.68 Å². The third-order valence-electron chi connectivity index (χ3n) is 3.93. The van der Waals surface area contributed by atoms with Crippen LogP contribution in [0.2, 0.25) is 5.02 Å². The zero-order valence-corrected chi connectivity index (χ0v) is 12.4. The predicted molar refractivity (Wildman–Crippen MR) is 80.0 cm³/mol. The number of aromatic nitrogens is 3. The van der Waals surface area contributed by atoms with Crippen molar-refractivity contribution < 1.29 is 4.79 Å². The van der Waals surface area contributed by atoms with Crippen molar-refractivity contribution in [1.82, 2.24) is 19.9 Å². The third kappa shape index (κ3) is 3.24. The van der Waals surface area contributed by atoms with Gasteiger partial charge in [-0.15, -0.1) is 5.10 Å². The molecule has 1 aliphatic heterocycles. The molecule has 1 fully saturated rings. The van der Waals surface area contributed by atoms with Crippen LogP contribution in [0.5, 0.6) is 0 Å². The highest BCUT2D eigenvalue weighted by molar-refractivity contribution is 6.31. The summed E-state index contributed by atoms with van der Waals surface area (Å²) in [5.74, 6) is 0.139. The van der Waals surface area contributed by atoms with Crippen molar-refractivity contribution in [2.24, 2.45) is 0 Å². The molecule has 0 bridgehead atoms. The van der Waals surface area contributed by atoms with E-state index in [0.29, 0.717) is 17.5 Å². The number of likely N-dealkylation sites (tertiary alicyclic amines) is 1.